The maximum absolute atomic E-state index is 12.1. The predicted octanol–water partition coefficient (Wildman–Crippen LogP) is 2.50. The Labute approximate surface area is 122 Å². The first-order valence-corrected chi connectivity index (χ1v) is 6.53. The Balaban J connectivity index is 2.34. The first kappa shape index (κ1) is 14.4. The van der Waals surface area contributed by atoms with Crippen molar-refractivity contribution < 1.29 is 9.90 Å². The monoisotopic (exact) mass is 281 g/mol. The lowest BCUT2D eigenvalue weighted by Gasteiger charge is -2.09. The van der Waals surface area contributed by atoms with Gasteiger partial charge in [-0.1, -0.05) is 24.3 Å². The van der Waals surface area contributed by atoms with E-state index in [1.165, 1.54) is 6.20 Å². The van der Waals surface area contributed by atoms with Crippen LogP contribution in [0.2, 0.25) is 0 Å². The van der Waals surface area contributed by atoms with E-state index in [9.17, 15) is 9.90 Å². The summed E-state index contributed by atoms with van der Waals surface area (Å²) in [6, 6.07) is 12.2. The number of benzene rings is 2. The van der Waals surface area contributed by atoms with Gasteiger partial charge < -0.3 is 15.7 Å². The van der Waals surface area contributed by atoms with Gasteiger partial charge in [0.05, 0.1) is 0 Å². The Morgan fingerprint density at radius 3 is 2.71 bits per heavy atom. The topological polar surface area (TPSA) is 85.2 Å². The number of carbonyl (C=O) groups is 1. The van der Waals surface area contributed by atoms with Gasteiger partial charge in [-0.05, 0) is 19.1 Å². The van der Waals surface area contributed by atoms with Crippen molar-refractivity contribution in [1.82, 2.24) is 5.32 Å². The average molecular weight is 281 g/mol. The number of nitriles is 1. The Hall–Kier alpha value is -3.00. The molecule has 106 valence electrons. The minimum absolute atomic E-state index is 0.00555. The normalized spacial score (nSPS) is 11.0. The summed E-state index contributed by atoms with van der Waals surface area (Å²) < 4.78 is 0. The molecule has 2 aromatic rings. The fraction of sp³-hybridized carbons (Fsp3) is 0.125. The first-order valence-electron chi connectivity index (χ1n) is 6.53. The second-order valence-electron chi connectivity index (χ2n) is 4.36. The van der Waals surface area contributed by atoms with Crippen LogP contribution in [0.5, 0.6) is 5.75 Å². The van der Waals surface area contributed by atoms with Gasteiger partial charge in [0.25, 0.3) is 5.91 Å². The molecule has 0 heterocycles. The predicted molar refractivity (Wildman–Crippen MR) is 81.6 cm³/mol. The molecule has 2 rings (SSSR count). The summed E-state index contributed by atoms with van der Waals surface area (Å²) in [7, 11) is 0. The van der Waals surface area contributed by atoms with Gasteiger partial charge in [-0.3, -0.25) is 4.79 Å². The van der Waals surface area contributed by atoms with Gasteiger partial charge in [0, 0.05) is 29.2 Å². The minimum atomic E-state index is -0.491. The lowest BCUT2D eigenvalue weighted by molar-refractivity contribution is -0.112. The van der Waals surface area contributed by atoms with E-state index in [2.05, 4.69) is 10.6 Å². The number of hydrogen-bond acceptors (Lipinski definition) is 4. The molecule has 0 aliphatic carbocycles. The zero-order valence-corrected chi connectivity index (χ0v) is 11.6. The van der Waals surface area contributed by atoms with Crippen LogP contribution in [0, 0.1) is 11.3 Å². The number of aromatic hydroxyl groups is 1. The van der Waals surface area contributed by atoms with Crippen molar-refractivity contribution in [2.24, 2.45) is 0 Å². The van der Waals surface area contributed by atoms with Crippen LogP contribution < -0.4 is 10.6 Å². The third kappa shape index (κ3) is 3.12. The Bertz CT molecular complexity index is 745. The third-order valence-corrected chi connectivity index (χ3v) is 2.96. The van der Waals surface area contributed by atoms with Crippen LogP contribution in [0.25, 0.3) is 10.8 Å². The maximum Gasteiger partial charge on any atom is 0.267 e. The molecule has 0 spiro atoms. The van der Waals surface area contributed by atoms with E-state index < -0.39 is 5.91 Å². The first-order chi connectivity index (χ1) is 10.2. The van der Waals surface area contributed by atoms with E-state index in [0.717, 1.165) is 0 Å². The van der Waals surface area contributed by atoms with Crippen molar-refractivity contribution in [2.45, 2.75) is 6.92 Å². The summed E-state index contributed by atoms with van der Waals surface area (Å²) in [6.45, 7) is 2.50. The molecular weight excluding hydrogens is 266 g/mol. The molecule has 21 heavy (non-hydrogen) atoms. The Morgan fingerprint density at radius 1 is 1.29 bits per heavy atom. The van der Waals surface area contributed by atoms with Gasteiger partial charge in [-0.15, -0.1) is 0 Å². The molecule has 0 saturated carbocycles. The number of hydrogen-bond donors (Lipinski definition) is 3. The number of phenols is 1. The quantitative estimate of drug-likeness (QED) is 0.593. The molecule has 5 heteroatoms. The summed E-state index contributed by atoms with van der Waals surface area (Å²) in [5.41, 5.74) is 0.542. The molecule has 5 nitrogen and oxygen atoms in total. The zero-order valence-electron chi connectivity index (χ0n) is 11.6. The van der Waals surface area contributed by atoms with Gasteiger partial charge in [-0.2, -0.15) is 5.26 Å². The largest absolute Gasteiger partial charge is 0.507 e. The molecule has 1 amide bonds. The number of fused-ring (bicyclic) bond motifs is 1. The van der Waals surface area contributed by atoms with Crippen LogP contribution >= 0.6 is 0 Å². The number of phenolic OH excluding ortho intramolecular Hbond substituents is 1. The van der Waals surface area contributed by atoms with Crippen LogP contribution in [-0.4, -0.2) is 17.6 Å². The highest BCUT2D eigenvalue weighted by atomic mass is 16.3. The maximum atomic E-state index is 12.1. The summed E-state index contributed by atoms with van der Waals surface area (Å²) >= 11 is 0. The van der Waals surface area contributed by atoms with Crippen molar-refractivity contribution in [3.05, 3.63) is 48.2 Å². The molecule has 0 fully saturated rings. The van der Waals surface area contributed by atoms with E-state index in [1.54, 1.807) is 36.4 Å². The lowest BCUT2D eigenvalue weighted by atomic mass is 10.1. The van der Waals surface area contributed by atoms with E-state index in [0.29, 0.717) is 23.0 Å². The molecule has 0 aliphatic heterocycles. The van der Waals surface area contributed by atoms with Crippen molar-refractivity contribution in [3.63, 3.8) is 0 Å². The van der Waals surface area contributed by atoms with Crippen LogP contribution in [0.1, 0.15) is 6.92 Å². The van der Waals surface area contributed by atoms with Crippen LogP contribution in [0.3, 0.4) is 0 Å². The molecular formula is C16H15N3O2. The van der Waals surface area contributed by atoms with Gasteiger partial charge >= 0.3 is 0 Å². The number of nitrogens with one attached hydrogen (secondary N) is 2. The molecule has 0 radical (unpaired) electrons. The molecule has 0 atom stereocenters. The van der Waals surface area contributed by atoms with E-state index in [1.807, 2.05) is 13.0 Å². The molecule has 0 aromatic heterocycles. The second kappa shape index (κ2) is 6.44. The SMILES string of the molecule is CCN/C=C(/C#N)C(=O)Nc1cccc2c(O)cccc12. The van der Waals surface area contributed by atoms with Crippen molar-refractivity contribution in [2.75, 3.05) is 11.9 Å². The van der Waals surface area contributed by atoms with E-state index >= 15 is 0 Å². The van der Waals surface area contributed by atoms with E-state index in [-0.39, 0.29) is 11.3 Å². The van der Waals surface area contributed by atoms with Crippen molar-refractivity contribution in [3.8, 4) is 11.8 Å². The molecule has 0 unspecified atom stereocenters. The number of carbonyl (C=O) groups excluding carboxylic acids is 1. The summed E-state index contributed by atoms with van der Waals surface area (Å²) in [5.74, 6) is -0.346. The van der Waals surface area contributed by atoms with Crippen molar-refractivity contribution in [1.29, 1.82) is 5.26 Å². The smallest absolute Gasteiger partial charge is 0.267 e. The van der Waals surface area contributed by atoms with Gasteiger partial charge in [0.2, 0.25) is 0 Å². The van der Waals surface area contributed by atoms with Gasteiger partial charge in [0.15, 0.2) is 0 Å². The lowest BCUT2D eigenvalue weighted by Crippen LogP contribution is -2.16. The van der Waals surface area contributed by atoms with Crippen LogP contribution in [0.4, 0.5) is 5.69 Å². The molecule has 2 aromatic carbocycles. The highest BCUT2D eigenvalue weighted by Crippen LogP contribution is 2.29. The highest BCUT2D eigenvalue weighted by molar-refractivity contribution is 6.11. The third-order valence-electron chi connectivity index (χ3n) is 2.96. The summed E-state index contributed by atoms with van der Waals surface area (Å²) in [4.78, 5) is 12.1. The fourth-order valence-corrected chi connectivity index (χ4v) is 1.94. The number of nitrogens with zero attached hydrogens (tertiary/aromatic N) is 1. The summed E-state index contributed by atoms with van der Waals surface area (Å²) in [5, 5.41) is 25.7. The Morgan fingerprint density at radius 2 is 2.00 bits per heavy atom. The zero-order chi connectivity index (χ0) is 15.2. The molecule has 0 bridgehead atoms. The summed E-state index contributed by atoms with van der Waals surface area (Å²) in [6.07, 6.45) is 1.39. The highest BCUT2D eigenvalue weighted by Gasteiger charge is 2.11. The molecule has 3 N–H and O–H groups in total. The molecule has 0 aliphatic rings. The van der Waals surface area contributed by atoms with Crippen LogP contribution in [-0.2, 0) is 4.79 Å². The fourth-order valence-electron chi connectivity index (χ4n) is 1.94. The van der Waals surface area contributed by atoms with E-state index in [4.69, 9.17) is 5.26 Å². The average Bonchev–Trinajstić information content (AvgIpc) is 2.49. The van der Waals surface area contributed by atoms with Crippen molar-refractivity contribution >= 4 is 22.4 Å². The molecule has 0 saturated heterocycles. The second-order valence-corrected chi connectivity index (χ2v) is 4.36. The number of anilines is 1. The number of amides is 1. The van der Waals surface area contributed by atoms with Gasteiger partial charge in [-0.25, -0.2) is 0 Å². The minimum Gasteiger partial charge on any atom is -0.507 e. The van der Waals surface area contributed by atoms with Crippen LogP contribution in [0.15, 0.2) is 48.2 Å². The standard InChI is InChI=1S/C16H15N3O2/c1-2-18-10-11(9-17)16(21)19-14-7-3-6-13-12(14)5-4-8-15(13)20/h3-8,10,18,20H,2H2,1H3,(H,19,21)/b11-10-. The van der Waals surface area contributed by atoms with Gasteiger partial charge in [0.1, 0.15) is 17.4 Å². The Kier molecular flexibility index (Phi) is 4.42. The number of rotatable bonds is 4.